The molecule has 2 aromatic heterocycles. The third kappa shape index (κ3) is 4.72. The number of rotatable bonds is 3. The first-order valence-corrected chi connectivity index (χ1v) is 8.80. The fourth-order valence-electron chi connectivity index (χ4n) is 2.97. The van der Waals surface area contributed by atoms with Gasteiger partial charge in [-0.3, -0.25) is 5.10 Å². The highest BCUT2D eigenvalue weighted by Gasteiger charge is 2.25. The van der Waals surface area contributed by atoms with Crippen molar-refractivity contribution in [3.63, 3.8) is 0 Å². The van der Waals surface area contributed by atoms with E-state index in [0.717, 1.165) is 31.1 Å². The highest BCUT2D eigenvalue weighted by atomic mass is 35.5. The van der Waals surface area contributed by atoms with Crippen LogP contribution in [0.1, 0.15) is 46.5 Å². The van der Waals surface area contributed by atoms with E-state index >= 15 is 0 Å². The predicted molar refractivity (Wildman–Crippen MR) is 95.7 cm³/mol. The fourth-order valence-corrected chi connectivity index (χ4v) is 3.14. The summed E-state index contributed by atoms with van der Waals surface area (Å²) >= 11 is 5.96. The van der Waals surface area contributed by atoms with Gasteiger partial charge in [0.05, 0.1) is 11.6 Å². The zero-order chi connectivity index (χ0) is 18.0. The highest BCUT2D eigenvalue weighted by Crippen LogP contribution is 2.26. The van der Waals surface area contributed by atoms with Crippen LogP contribution in [0.2, 0.25) is 5.28 Å². The Bertz CT molecular complexity index is 749. The quantitative estimate of drug-likeness (QED) is 0.720. The van der Waals surface area contributed by atoms with Crippen molar-refractivity contribution in [2.75, 3.05) is 5.32 Å². The van der Waals surface area contributed by atoms with Crippen molar-refractivity contribution in [2.24, 2.45) is 0 Å². The van der Waals surface area contributed by atoms with Crippen LogP contribution in [0.25, 0.3) is 11.0 Å². The van der Waals surface area contributed by atoms with Gasteiger partial charge in [0.25, 0.3) is 0 Å². The van der Waals surface area contributed by atoms with Crippen LogP contribution in [-0.2, 0) is 4.74 Å². The second-order valence-corrected chi connectivity index (χ2v) is 7.65. The number of aromatic amines is 1. The molecule has 0 aromatic carbocycles. The summed E-state index contributed by atoms with van der Waals surface area (Å²) in [5.74, 6) is 0.687. The summed E-state index contributed by atoms with van der Waals surface area (Å²) in [6.07, 6.45) is 4.92. The molecule has 0 unspecified atom stereocenters. The number of nitrogens with one attached hydrogen (secondary N) is 3. The molecule has 0 saturated heterocycles. The number of hydrogen-bond donors (Lipinski definition) is 3. The van der Waals surface area contributed by atoms with E-state index in [-0.39, 0.29) is 23.5 Å². The normalized spacial score (nSPS) is 21.1. The molecule has 9 heteroatoms. The lowest BCUT2D eigenvalue weighted by molar-refractivity contribution is 0.0492. The first-order valence-electron chi connectivity index (χ1n) is 8.43. The molecule has 2 aromatic rings. The molecule has 3 rings (SSSR count). The Labute approximate surface area is 151 Å². The molecular weight excluding hydrogens is 344 g/mol. The van der Waals surface area contributed by atoms with Crippen LogP contribution < -0.4 is 10.6 Å². The first-order chi connectivity index (χ1) is 11.8. The summed E-state index contributed by atoms with van der Waals surface area (Å²) in [4.78, 5) is 20.2. The average Bonchev–Trinajstić information content (AvgIpc) is 2.95. The number of carbonyl (C=O) groups is 1. The van der Waals surface area contributed by atoms with Gasteiger partial charge in [-0.15, -0.1) is 0 Å². The molecule has 3 N–H and O–H groups in total. The van der Waals surface area contributed by atoms with Crippen LogP contribution in [0.5, 0.6) is 0 Å². The molecule has 0 bridgehead atoms. The van der Waals surface area contributed by atoms with Crippen LogP contribution >= 0.6 is 11.6 Å². The third-order valence-corrected chi connectivity index (χ3v) is 4.24. The van der Waals surface area contributed by atoms with Gasteiger partial charge >= 0.3 is 6.09 Å². The van der Waals surface area contributed by atoms with Crippen molar-refractivity contribution in [1.29, 1.82) is 0 Å². The third-order valence-electron chi connectivity index (χ3n) is 4.07. The van der Waals surface area contributed by atoms with E-state index in [9.17, 15) is 4.79 Å². The number of alkyl carbamates (subject to hydrolysis) is 1. The van der Waals surface area contributed by atoms with Crippen LogP contribution in [0, 0.1) is 0 Å². The number of anilines is 1. The van der Waals surface area contributed by atoms with E-state index < -0.39 is 5.60 Å². The van der Waals surface area contributed by atoms with E-state index in [2.05, 4.69) is 30.8 Å². The first kappa shape index (κ1) is 17.7. The van der Waals surface area contributed by atoms with E-state index in [1.165, 1.54) is 0 Å². The average molecular weight is 367 g/mol. The minimum Gasteiger partial charge on any atom is -0.444 e. The fraction of sp³-hybridized carbons (Fsp3) is 0.625. The molecule has 1 aliphatic rings. The number of aromatic nitrogens is 4. The van der Waals surface area contributed by atoms with Gasteiger partial charge < -0.3 is 15.4 Å². The smallest absolute Gasteiger partial charge is 0.407 e. The van der Waals surface area contributed by atoms with E-state index in [4.69, 9.17) is 16.3 Å². The van der Waals surface area contributed by atoms with Crippen LogP contribution in [0.3, 0.4) is 0 Å². The zero-order valence-corrected chi connectivity index (χ0v) is 15.4. The van der Waals surface area contributed by atoms with Gasteiger partial charge in [-0.25, -0.2) is 4.79 Å². The molecule has 0 atom stereocenters. The number of carbonyl (C=O) groups excluding carboxylic acids is 1. The largest absolute Gasteiger partial charge is 0.444 e. The number of halogens is 1. The molecule has 0 aliphatic heterocycles. The summed E-state index contributed by atoms with van der Waals surface area (Å²) in [6.45, 7) is 5.57. The molecule has 136 valence electrons. The number of nitrogens with zero attached hydrogens (tertiary/aromatic N) is 3. The molecule has 1 saturated carbocycles. The van der Waals surface area contributed by atoms with Gasteiger partial charge in [0, 0.05) is 12.1 Å². The molecule has 1 amide bonds. The monoisotopic (exact) mass is 366 g/mol. The van der Waals surface area contributed by atoms with Gasteiger partial charge in [0.15, 0.2) is 5.65 Å². The minimum absolute atomic E-state index is 0.135. The minimum atomic E-state index is -0.481. The van der Waals surface area contributed by atoms with Crippen molar-refractivity contribution in [3.8, 4) is 0 Å². The number of hydrogen-bond acceptors (Lipinski definition) is 6. The topological polar surface area (TPSA) is 105 Å². The second-order valence-electron chi connectivity index (χ2n) is 7.31. The Morgan fingerprint density at radius 1 is 1.24 bits per heavy atom. The maximum absolute atomic E-state index is 11.9. The Morgan fingerprint density at radius 3 is 2.60 bits per heavy atom. The van der Waals surface area contributed by atoms with Crippen molar-refractivity contribution in [3.05, 3.63) is 11.5 Å². The Kier molecular flexibility index (Phi) is 4.99. The van der Waals surface area contributed by atoms with Gasteiger partial charge in [-0.2, -0.15) is 15.1 Å². The van der Waals surface area contributed by atoms with Gasteiger partial charge in [0.1, 0.15) is 11.4 Å². The number of amides is 1. The van der Waals surface area contributed by atoms with Crippen LogP contribution in [-0.4, -0.2) is 43.9 Å². The van der Waals surface area contributed by atoms with E-state index in [1.54, 1.807) is 6.20 Å². The molecule has 25 heavy (non-hydrogen) atoms. The van der Waals surface area contributed by atoms with Gasteiger partial charge in [-0.1, -0.05) is 0 Å². The number of ether oxygens (including phenoxy) is 1. The van der Waals surface area contributed by atoms with Crippen LogP contribution in [0.15, 0.2) is 6.20 Å². The Hall–Kier alpha value is -2.09. The summed E-state index contributed by atoms with van der Waals surface area (Å²) in [6, 6.07) is 0.400. The summed E-state index contributed by atoms with van der Waals surface area (Å²) < 4.78 is 5.31. The SMILES string of the molecule is CC(C)(C)OC(=O)NC1CCC(Nc2nc(Cl)nc3[nH]ncc23)CC1. The highest BCUT2D eigenvalue weighted by molar-refractivity contribution is 6.28. The molecule has 1 fully saturated rings. The zero-order valence-electron chi connectivity index (χ0n) is 14.6. The molecule has 0 radical (unpaired) electrons. The van der Waals surface area contributed by atoms with Crippen molar-refractivity contribution in [1.82, 2.24) is 25.5 Å². The molecule has 1 aliphatic carbocycles. The van der Waals surface area contributed by atoms with Crippen molar-refractivity contribution >= 4 is 34.5 Å². The Balaban J connectivity index is 1.54. The van der Waals surface area contributed by atoms with Crippen molar-refractivity contribution < 1.29 is 9.53 Å². The van der Waals surface area contributed by atoms with Crippen LogP contribution in [0.4, 0.5) is 10.6 Å². The van der Waals surface area contributed by atoms with Crippen molar-refractivity contribution in [2.45, 2.75) is 64.1 Å². The van der Waals surface area contributed by atoms with E-state index in [1.807, 2.05) is 20.8 Å². The Morgan fingerprint density at radius 2 is 1.92 bits per heavy atom. The lowest BCUT2D eigenvalue weighted by atomic mass is 9.91. The maximum atomic E-state index is 11.9. The van der Waals surface area contributed by atoms with Gasteiger partial charge in [-0.05, 0) is 58.1 Å². The molecule has 0 spiro atoms. The molecule has 8 nitrogen and oxygen atoms in total. The second kappa shape index (κ2) is 7.03. The van der Waals surface area contributed by atoms with Gasteiger partial charge in [0.2, 0.25) is 5.28 Å². The molecular formula is C16H23ClN6O2. The number of H-pyrrole nitrogens is 1. The maximum Gasteiger partial charge on any atom is 0.407 e. The summed E-state index contributed by atoms with van der Waals surface area (Å²) in [5, 5.41) is 14.1. The molecule has 2 heterocycles. The summed E-state index contributed by atoms with van der Waals surface area (Å²) in [7, 11) is 0. The predicted octanol–water partition coefficient (Wildman–Crippen LogP) is 3.25. The lowest BCUT2D eigenvalue weighted by Gasteiger charge is -2.30. The summed E-state index contributed by atoms with van der Waals surface area (Å²) in [5.41, 5.74) is 0.133. The lowest BCUT2D eigenvalue weighted by Crippen LogP contribution is -2.42. The standard InChI is InChI=1S/C16H23ClN6O2/c1-16(2,3)25-15(24)20-10-6-4-9(5-7-10)19-12-11-8-18-23-13(11)22-14(17)21-12/h8-10H,4-7H2,1-3H3,(H,20,24)(H2,18,19,21,22,23). The number of fused-ring (bicyclic) bond motifs is 1. The van der Waals surface area contributed by atoms with E-state index in [0.29, 0.717) is 11.5 Å².